The van der Waals surface area contributed by atoms with Gasteiger partial charge >= 0.3 is 6.18 Å². The Balaban J connectivity index is 1.45. The van der Waals surface area contributed by atoms with Gasteiger partial charge in [-0.3, -0.25) is 0 Å². The minimum absolute atomic E-state index is 0.0967. The second-order valence-corrected chi connectivity index (χ2v) is 12.1. The lowest BCUT2D eigenvalue weighted by atomic mass is 9.95. The highest BCUT2D eigenvalue weighted by molar-refractivity contribution is 7.90. The molecule has 0 aliphatic rings. The Kier molecular flexibility index (Phi) is 6.55. The van der Waals surface area contributed by atoms with Crippen molar-refractivity contribution in [2.75, 3.05) is 0 Å². The lowest BCUT2D eigenvalue weighted by Crippen LogP contribution is -2.12. The summed E-state index contributed by atoms with van der Waals surface area (Å²) >= 11 is 0. The monoisotopic (exact) mass is 605 g/mol. The second-order valence-electron chi connectivity index (χ2n) is 10.3. The van der Waals surface area contributed by atoms with Crippen molar-refractivity contribution in [1.82, 2.24) is 13.9 Å². The van der Waals surface area contributed by atoms with Crippen LogP contribution in [-0.2, 0) is 16.2 Å². The molecular weight excluding hydrogens is 583 g/mol. The fourth-order valence-corrected chi connectivity index (χ4v) is 6.72. The van der Waals surface area contributed by atoms with Gasteiger partial charge < -0.3 is 0 Å². The molecule has 0 radical (unpaired) electrons. The molecule has 3 aromatic heterocycles. The number of halogens is 3. The van der Waals surface area contributed by atoms with E-state index in [0.717, 1.165) is 27.2 Å². The van der Waals surface area contributed by atoms with Crippen molar-refractivity contribution in [2.45, 2.75) is 11.1 Å². The Morgan fingerprint density at radius 3 is 2.00 bits per heavy atom. The molecule has 0 saturated heterocycles. The standard InChI is InChI=1S/C35H22F3N3O2S/c36-35(37,38)26-17-18-32-30(20-26)29(25-15-13-24(14-16-25)23-8-3-1-4-9-23)21-33(40-32)31-22-41(34-28(31)12-7-19-39-34)44(42,43)27-10-5-2-6-11-27/h1-22H. The van der Waals surface area contributed by atoms with Gasteiger partial charge in [-0.25, -0.2) is 22.4 Å². The first kappa shape index (κ1) is 27.5. The molecule has 5 nitrogen and oxygen atoms in total. The fourth-order valence-electron chi connectivity index (χ4n) is 5.38. The van der Waals surface area contributed by atoms with E-state index in [1.807, 2.05) is 54.6 Å². The summed E-state index contributed by atoms with van der Waals surface area (Å²) in [6.07, 6.45) is -1.55. The highest BCUT2D eigenvalue weighted by atomic mass is 32.2. The van der Waals surface area contributed by atoms with Crippen LogP contribution in [0.3, 0.4) is 0 Å². The highest BCUT2D eigenvalue weighted by Gasteiger charge is 2.31. The topological polar surface area (TPSA) is 64.8 Å². The average molecular weight is 606 g/mol. The van der Waals surface area contributed by atoms with Crippen LogP contribution >= 0.6 is 0 Å². The van der Waals surface area contributed by atoms with Gasteiger partial charge in [0, 0.05) is 28.7 Å². The van der Waals surface area contributed by atoms with Gasteiger partial charge in [-0.2, -0.15) is 13.2 Å². The zero-order valence-electron chi connectivity index (χ0n) is 22.9. The SMILES string of the molecule is O=S(=O)(c1ccccc1)n1cc(-c2cc(-c3ccc(-c4ccccc4)cc3)c3cc(C(F)(F)F)ccc3n2)c2cccnc21. The van der Waals surface area contributed by atoms with Crippen LogP contribution in [0.2, 0.25) is 0 Å². The van der Waals surface area contributed by atoms with Crippen LogP contribution in [0.5, 0.6) is 0 Å². The average Bonchev–Trinajstić information content (AvgIpc) is 3.45. The first-order valence-corrected chi connectivity index (χ1v) is 15.1. The molecule has 0 unspecified atom stereocenters. The Morgan fingerprint density at radius 1 is 0.636 bits per heavy atom. The predicted molar refractivity (Wildman–Crippen MR) is 165 cm³/mol. The molecule has 0 N–H and O–H groups in total. The van der Waals surface area contributed by atoms with E-state index in [2.05, 4.69) is 4.98 Å². The van der Waals surface area contributed by atoms with Crippen molar-refractivity contribution in [1.29, 1.82) is 0 Å². The van der Waals surface area contributed by atoms with Gasteiger partial charge in [0.25, 0.3) is 10.0 Å². The number of aromatic nitrogens is 3. The van der Waals surface area contributed by atoms with Crippen molar-refractivity contribution in [3.63, 3.8) is 0 Å². The molecule has 7 rings (SSSR count). The quantitative estimate of drug-likeness (QED) is 0.197. The molecule has 0 aliphatic carbocycles. The van der Waals surface area contributed by atoms with Crippen molar-refractivity contribution >= 4 is 32.0 Å². The first-order valence-electron chi connectivity index (χ1n) is 13.6. The van der Waals surface area contributed by atoms with Crippen molar-refractivity contribution in [2.24, 2.45) is 0 Å². The number of hydrogen-bond acceptors (Lipinski definition) is 4. The largest absolute Gasteiger partial charge is 0.416 e. The number of alkyl halides is 3. The van der Waals surface area contributed by atoms with Crippen LogP contribution in [0.15, 0.2) is 139 Å². The molecule has 0 aliphatic heterocycles. The summed E-state index contributed by atoms with van der Waals surface area (Å²) in [6, 6.07) is 34.0. The Morgan fingerprint density at radius 2 is 1.30 bits per heavy atom. The summed E-state index contributed by atoms with van der Waals surface area (Å²) in [5, 5.41) is 0.867. The normalized spacial score (nSPS) is 12.2. The molecule has 9 heteroatoms. The second kappa shape index (κ2) is 10.5. The molecule has 0 fully saturated rings. The fraction of sp³-hybridized carbons (Fsp3) is 0.0286. The third-order valence-electron chi connectivity index (χ3n) is 7.55. The zero-order valence-corrected chi connectivity index (χ0v) is 23.7. The van der Waals surface area contributed by atoms with Gasteiger partial charge in [0.15, 0.2) is 5.65 Å². The van der Waals surface area contributed by atoms with Gasteiger partial charge in [0.05, 0.1) is 21.7 Å². The van der Waals surface area contributed by atoms with Crippen LogP contribution in [0.25, 0.3) is 55.4 Å². The smallest absolute Gasteiger partial charge is 0.248 e. The van der Waals surface area contributed by atoms with Crippen molar-refractivity contribution < 1.29 is 21.6 Å². The van der Waals surface area contributed by atoms with E-state index in [9.17, 15) is 21.6 Å². The van der Waals surface area contributed by atoms with E-state index in [0.29, 0.717) is 38.7 Å². The number of pyridine rings is 2. The first-order chi connectivity index (χ1) is 21.2. The van der Waals surface area contributed by atoms with Crippen LogP contribution in [-0.4, -0.2) is 22.4 Å². The zero-order chi connectivity index (χ0) is 30.5. The van der Waals surface area contributed by atoms with Crippen LogP contribution in [0, 0.1) is 0 Å². The summed E-state index contributed by atoms with van der Waals surface area (Å²) in [7, 11) is -4.01. The summed E-state index contributed by atoms with van der Waals surface area (Å²) < 4.78 is 69.8. The van der Waals surface area contributed by atoms with Gasteiger partial charge in [-0.15, -0.1) is 0 Å². The summed E-state index contributed by atoms with van der Waals surface area (Å²) in [6.45, 7) is 0. The van der Waals surface area contributed by atoms with Gasteiger partial charge in [-0.05, 0) is 70.8 Å². The number of fused-ring (bicyclic) bond motifs is 2. The number of hydrogen-bond donors (Lipinski definition) is 0. The maximum absolute atomic E-state index is 13.8. The van der Waals surface area contributed by atoms with E-state index < -0.39 is 21.8 Å². The maximum Gasteiger partial charge on any atom is 0.416 e. The Bertz CT molecular complexity index is 2270. The molecule has 0 bridgehead atoms. The molecule has 7 aromatic rings. The van der Waals surface area contributed by atoms with E-state index in [4.69, 9.17) is 4.98 Å². The van der Waals surface area contributed by atoms with Crippen molar-refractivity contribution in [3.8, 4) is 33.5 Å². The molecule has 0 spiro atoms. The molecule has 0 saturated carbocycles. The van der Waals surface area contributed by atoms with Crippen LogP contribution < -0.4 is 0 Å². The molecule has 216 valence electrons. The summed E-state index contributed by atoms with van der Waals surface area (Å²) in [4.78, 5) is 9.20. The minimum Gasteiger partial charge on any atom is -0.248 e. The summed E-state index contributed by atoms with van der Waals surface area (Å²) in [5.74, 6) is 0. The maximum atomic E-state index is 13.8. The molecule has 3 heterocycles. The van der Waals surface area contributed by atoms with Gasteiger partial charge in [-0.1, -0.05) is 72.8 Å². The Hall–Kier alpha value is -5.28. The van der Waals surface area contributed by atoms with Crippen LogP contribution in [0.4, 0.5) is 13.2 Å². The van der Waals surface area contributed by atoms with E-state index in [1.165, 1.54) is 30.6 Å². The van der Waals surface area contributed by atoms with Crippen molar-refractivity contribution in [3.05, 3.63) is 139 Å². The molecule has 4 aromatic carbocycles. The van der Waals surface area contributed by atoms with E-state index in [-0.39, 0.29) is 10.5 Å². The number of benzene rings is 4. The predicted octanol–water partition coefficient (Wildman–Crippen LogP) is 8.84. The van der Waals surface area contributed by atoms with E-state index in [1.54, 1.807) is 36.4 Å². The van der Waals surface area contributed by atoms with Gasteiger partial charge in [0.2, 0.25) is 0 Å². The minimum atomic E-state index is -4.54. The van der Waals surface area contributed by atoms with Gasteiger partial charge in [0.1, 0.15) is 0 Å². The lowest BCUT2D eigenvalue weighted by molar-refractivity contribution is -0.137. The molecule has 44 heavy (non-hydrogen) atoms. The lowest BCUT2D eigenvalue weighted by Gasteiger charge is -2.13. The Labute approximate surface area is 251 Å². The molecular formula is C35H22F3N3O2S. The third kappa shape index (κ3) is 4.81. The third-order valence-corrected chi connectivity index (χ3v) is 9.21. The highest BCUT2D eigenvalue weighted by Crippen LogP contribution is 2.39. The van der Waals surface area contributed by atoms with Crippen LogP contribution in [0.1, 0.15) is 5.56 Å². The molecule has 0 atom stereocenters. The summed E-state index contributed by atoms with van der Waals surface area (Å²) in [5.41, 5.74) is 3.86. The molecule has 0 amide bonds. The number of nitrogens with zero attached hydrogens (tertiary/aromatic N) is 3. The number of rotatable bonds is 5. The van der Waals surface area contributed by atoms with E-state index >= 15 is 0 Å².